The minimum absolute atomic E-state index is 0. The van der Waals surface area contributed by atoms with E-state index in [1.165, 1.54) is 0 Å². The van der Waals surface area contributed by atoms with Crippen molar-refractivity contribution in [1.82, 2.24) is 0 Å². The predicted molar refractivity (Wildman–Crippen MR) is 62.8 cm³/mol. The topological polar surface area (TPSA) is 201 Å². The number of carboxylic acid groups (broad SMARTS) is 4. The van der Waals surface area contributed by atoms with Crippen molar-refractivity contribution in [3.05, 3.63) is 0 Å². The Hall–Kier alpha value is -0.200. The number of nitrogens with two attached hydrogens (primary N) is 2. The molecule has 0 spiro atoms. The number of carbonyl (C=O) groups is 4. The number of hydrogen-bond donors (Lipinski definition) is 6. The van der Waals surface area contributed by atoms with Crippen molar-refractivity contribution < 1.29 is 98.7 Å². The van der Waals surface area contributed by atoms with Crippen LogP contribution in [0.2, 0.25) is 0 Å². The molecule has 0 radical (unpaired) electrons. The molecule has 0 amide bonds. The minimum atomic E-state index is -2.22. The molecule has 10 nitrogen and oxygen atoms in total. The van der Waals surface area contributed by atoms with Gasteiger partial charge in [-0.2, -0.15) is 0 Å². The fourth-order valence-electron chi connectivity index (χ4n) is 1.91. The molecule has 0 saturated carbocycles. The molecule has 0 unspecified atom stereocenters. The summed E-state index contributed by atoms with van der Waals surface area (Å²) < 4.78 is 0. The second-order valence-electron chi connectivity index (χ2n) is 4.59. The van der Waals surface area contributed by atoms with Crippen LogP contribution in [0.3, 0.4) is 0 Å². The summed E-state index contributed by atoms with van der Waals surface area (Å²) in [5.74, 6) is -6.06. The Bertz CT molecular complexity index is 371. The first-order chi connectivity index (χ1) is 8.92. The van der Waals surface area contributed by atoms with Crippen LogP contribution in [0.1, 0.15) is 25.7 Å². The molecule has 0 aromatic rings. The number of rotatable bonds is 9. The van der Waals surface area contributed by atoms with Gasteiger partial charge in [-0.25, -0.2) is 0 Å². The van der Waals surface area contributed by atoms with Crippen molar-refractivity contribution in [3.8, 4) is 0 Å². The van der Waals surface area contributed by atoms with Crippen LogP contribution in [0.25, 0.3) is 0 Å². The van der Waals surface area contributed by atoms with E-state index in [2.05, 4.69) is 0 Å². The molecule has 0 aliphatic rings. The molecule has 12 heteroatoms. The van der Waals surface area contributed by atoms with Gasteiger partial charge in [0, 0.05) is 0 Å². The zero-order valence-corrected chi connectivity index (χ0v) is 16.4. The van der Waals surface area contributed by atoms with Crippen LogP contribution in [0.15, 0.2) is 0 Å². The minimum Gasteiger partial charge on any atom is -0.481 e. The van der Waals surface area contributed by atoms with Gasteiger partial charge in [0.05, 0.1) is 36.8 Å². The van der Waals surface area contributed by atoms with E-state index in [0.29, 0.717) is 0 Å². The Kier molecular flexibility index (Phi) is 12.8. The molecule has 0 aliphatic heterocycles. The molecule has 0 atom stereocenters. The monoisotopic (exact) mass is 338 g/mol. The molecule has 0 heterocycles. The Morgan fingerprint density at radius 2 is 0.727 bits per heavy atom. The maximum absolute atomic E-state index is 10.8. The van der Waals surface area contributed by atoms with Crippen molar-refractivity contribution in [3.63, 3.8) is 0 Å². The maximum Gasteiger partial charge on any atom is 1.00 e. The molecular weight excluding hydrogens is 322 g/mol. The summed E-state index contributed by atoms with van der Waals surface area (Å²) in [6, 6.07) is 0. The summed E-state index contributed by atoms with van der Waals surface area (Å²) in [6.45, 7) is 0. The van der Waals surface area contributed by atoms with Gasteiger partial charge in [0.2, 0.25) is 0 Å². The van der Waals surface area contributed by atoms with Gasteiger partial charge in [0.25, 0.3) is 0 Å². The van der Waals surface area contributed by atoms with Crippen LogP contribution in [-0.4, -0.2) is 55.4 Å². The quantitative estimate of drug-likeness (QED) is 0.219. The molecule has 0 aromatic heterocycles. The Morgan fingerprint density at radius 1 is 0.591 bits per heavy atom. The second-order valence-corrected chi connectivity index (χ2v) is 4.59. The van der Waals surface area contributed by atoms with E-state index < -0.39 is 60.6 Å². The number of aliphatic carboxylic acids is 4. The van der Waals surface area contributed by atoms with E-state index in [4.69, 9.17) is 31.9 Å². The van der Waals surface area contributed by atoms with E-state index in [9.17, 15) is 19.2 Å². The third-order valence-corrected chi connectivity index (χ3v) is 2.86. The van der Waals surface area contributed by atoms with Crippen molar-refractivity contribution in [2.24, 2.45) is 11.5 Å². The third kappa shape index (κ3) is 8.44. The van der Waals surface area contributed by atoms with Crippen LogP contribution < -0.4 is 70.6 Å². The second kappa shape index (κ2) is 10.6. The molecule has 0 aliphatic carbocycles. The summed E-state index contributed by atoms with van der Waals surface area (Å²) >= 11 is 0. The fraction of sp³-hybridized carbons (Fsp3) is 0.600. The van der Waals surface area contributed by atoms with Gasteiger partial charge in [-0.1, -0.05) is 0 Å². The van der Waals surface area contributed by atoms with E-state index in [1.54, 1.807) is 0 Å². The first-order valence-electron chi connectivity index (χ1n) is 5.37. The summed E-state index contributed by atoms with van der Waals surface area (Å²) in [7, 11) is 0. The first kappa shape index (κ1) is 26.7. The van der Waals surface area contributed by atoms with Gasteiger partial charge in [0.15, 0.2) is 0 Å². The van der Waals surface area contributed by atoms with E-state index in [-0.39, 0.29) is 59.1 Å². The zero-order chi connectivity index (χ0) is 16.1. The molecular formula is C10H16N2Na2O8+2. The average molecular weight is 338 g/mol. The van der Waals surface area contributed by atoms with Crippen LogP contribution in [-0.2, 0) is 19.2 Å². The summed E-state index contributed by atoms with van der Waals surface area (Å²) in [5, 5.41) is 35.1. The molecule has 0 fully saturated rings. The molecule has 0 saturated heterocycles. The van der Waals surface area contributed by atoms with Crippen LogP contribution in [0.4, 0.5) is 0 Å². The van der Waals surface area contributed by atoms with Crippen LogP contribution in [0.5, 0.6) is 0 Å². The summed E-state index contributed by atoms with van der Waals surface area (Å²) in [5.41, 5.74) is 6.88. The fourth-order valence-corrected chi connectivity index (χ4v) is 1.91. The van der Waals surface area contributed by atoms with Gasteiger partial charge < -0.3 is 31.9 Å². The normalized spacial score (nSPS) is 10.8. The molecule has 0 aromatic carbocycles. The average Bonchev–Trinajstić information content (AvgIpc) is 2.10. The molecule has 0 bridgehead atoms. The largest absolute Gasteiger partial charge is 1.00 e. The van der Waals surface area contributed by atoms with Gasteiger partial charge in [-0.3, -0.25) is 19.2 Å². The van der Waals surface area contributed by atoms with Crippen molar-refractivity contribution >= 4 is 23.9 Å². The van der Waals surface area contributed by atoms with Crippen LogP contribution >= 0.6 is 0 Å². The molecule has 22 heavy (non-hydrogen) atoms. The maximum atomic E-state index is 10.8. The molecule has 114 valence electrons. The SMILES string of the molecule is NC(CC(=O)O)(CC(=O)O)C(N)(CC(=O)O)CC(=O)O.[Na+].[Na+]. The summed E-state index contributed by atoms with van der Waals surface area (Å²) in [4.78, 5) is 43.2. The molecule has 8 N–H and O–H groups in total. The standard InChI is InChI=1S/C10H16N2O8.2Na/c11-9(1-5(13)14,2-6(15)16)10(12,3-7(17)18)4-8(19)20;;/h1-4,11-12H2,(H,13,14)(H,15,16)(H,17,18)(H,19,20);;/q;2*+1. The van der Waals surface area contributed by atoms with E-state index >= 15 is 0 Å². The predicted octanol–water partition coefficient (Wildman–Crippen LogP) is -7.71. The van der Waals surface area contributed by atoms with Gasteiger partial charge in [0.1, 0.15) is 0 Å². The van der Waals surface area contributed by atoms with Crippen molar-refractivity contribution in [2.45, 2.75) is 36.8 Å². The van der Waals surface area contributed by atoms with Crippen molar-refractivity contribution in [1.29, 1.82) is 0 Å². The van der Waals surface area contributed by atoms with Gasteiger partial charge in [-0.05, 0) is 0 Å². The Balaban J connectivity index is -0.00000180. The van der Waals surface area contributed by atoms with Crippen molar-refractivity contribution in [2.75, 3.05) is 0 Å². The Labute approximate surface area is 169 Å². The van der Waals surface area contributed by atoms with Crippen LogP contribution in [0, 0.1) is 0 Å². The molecule has 0 rings (SSSR count). The van der Waals surface area contributed by atoms with E-state index in [0.717, 1.165) is 0 Å². The summed E-state index contributed by atoms with van der Waals surface area (Å²) in [6.07, 6.45) is -3.90. The number of hydrogen-bond acceptors (Lipinski definition) is 6. The first-order valence-corrected chi connectivity index (χ1v) is 5.37. The van der Waals surface area contributed by atoms with Gasteiger partial charge >= 0.3 is 83.0 Å². The van der Waals surface area contributed by atoms with Gasteiger partial charge in [-0.15, -0.1) is 0 Å². The third-order valence-electron chi connectivity index (χ3n) is 2.86. The smallest absolute Gasteiger partial charge is 0.481 e. The number of carboxylic acids is 4. The zero-order valence-electron chi connectivity index (χ0n) is 12.4. The Morgan fingerprint density at radius 3 is 0.818 bits per heavy atom. The van der Waals surface area contributed by atoms with E-state index in [1.807, 2.05) is 0 Å².